The second-order valence-electron chi connectivity index (χ2n) is 7.23. The van der Waals surface area contributed by atoms with E-state index in [9.17, 15) is 13.8 Å². The number of nitrogens with one attached hydrogen (secondary N) is 1. The fourth-order valence-electron chi connectivity index (χ4n) is 3.28. The van der Waals surface area contributed by atoms with E-state index >= 15 is 0 Å². The number of aromatic amines is 1. The number of benzene rings is 1. The van der Waals surface area contributed by atoms with Crippen LogP contribution in [0.4, 0.5) is 5.69 Å². The molecule has 0 atom stereocenters. The molecule has 2 heterocycles. The van der Waals surface area contributed by atoms with E-state index in [-0.39, 0.29) is 22.1 Å². The molecule has 1 aromatic carbocycles. The molecule has 3 rings (SSSR count). The molecule has 0 radical (unpaired) electrons. The Morgan fingerprint density at radius 2 is 1.89 bits per heavy atom. The fraction of sp³-hybridized carbons (Fsp3) is 0.474. The van der Waals surface area contributed by atoms with Crippen molar-refractivity contribution in [2.24, 2.45) is 11.4 Å². The summed E-state index contributed by atoms with van der Waals surface area (Å²) in [5.74, 6) is 0.749. The van der Waals surface area contributed by atoms with E-state index in [2.05, 4.69) is 9.46 Å². The molecule has 0 saturated carbocycles. The maximum absolute atomic E-state index is 13.1. The van der Waals surface area contributed by atoms with Gasteiger partial charge in [-0.25, -0.2) is 4.21 Å². The third kappa shape index (κ3) is 3.89. The summed E-state index contributed by atoms with van der Waals surface area (Å²) in [6, 6.07) is 3.42. The highest BCUT2D eigenvalue weighted by atomic mass is 35.5. The number of aromatic nitrogens is 2. The molecule has 1 saturated heterocycles. The van der Waals surface area contributed by atoms with E-state index in [1.165, 1.54) is 17.9 Å². The number of hydrogen-bond acceptors (Lipinski definition) is 4. The zero-order valence-corrected chi connectivity index (χ0v) is 17.3. The molecule has 8 heteroatoms. The number of nitrogens with zero attached hydrogens (tertiary/aromatic N) is 2. The van der Waals surface area contributed by atoms with Gasteiger partial charge in [0.05, 0.1) is 20.4 Å². The van der Waals surface area contributed by atoms with Crippen LogP contribution in [-0.2, 0) is 16.8 Å². The molecule has 0 spiro atoms. The number of carbonyl (C=O) groups excluding carboxylic acids is 1. The van der Waals surface area contributed by atoms with Crippen molar-refractivity contribution in [1.29, 1.82) is 0 Å². The maximum atomic E-state index is 13.1. The Hall–Kier alpha value is -1.86. The van der Waals surface area contributed by atoms with Crippen molar-refractivity contribution in [2.45, 2.75) is 39.0 Å². The van der Waals surface area contributed by atoms with Gasteiger partial charge in [0.15, 0.2) is 0 Å². The number of hydrogen-bond donors (Lipinski definition) is 1. The molecule has 0 bridgehead atoms. The molecule has 1 fully saturated rings. The first-order valence-corrected chi connectivity index (χ1v) is 11.3. The molecular weight excluding hydrogens is 386 g/mol. The van der Waals surface area contributed by atoms with Gasteiger partial charge in [-0.3, -0.25) is 14.3 Å². The molecule has 0 aliphatic carbocycles. The second kappa shape index (κ2) is 7.64. The van der Waals surface area contributed by atoms with Gasteiger partial charge in [-0.1, -0.05) is 37.9 Å². The van der Waals surface area contributed by atoms with Crippen LogP contribution in [0.2, 0.25) is 5.02 Å². The summed E-state index contributed by atoms with van der Waals surface area (Å²) in [5.41, 5.74) is 1.09. The monoisotopic (exact) mass is 409 g/mol. The minimum Gasteiger partial charge on any atom is -0.302 e. The summed E-state index contributed by atoms with van der Waals surface area (Å²) in [6.07, 6.45) is 4.20. The Morgan fingerprint density at radius 3 is 2.44 bits per heavy atom. The quantitative estimate of drug-likeness (QED) is 0.774. The zero-order chi connectivity index (χ0) is 19.8. The van der Waals surface area contributed by atoms with Gasteiger partial charge in [0, 0.05) is 30.3 Å². The van der Waals surface area contributed by atoms with E-state index in [1.807, 2.05) is 13.8 Å². The van der Waals surface area contributed by atoms with Gasteiger partial charge in [0.2, 0.25) is 5.78 Å². The predicted molar refractivity (Wildman–Crippen MR) is 109 cm³/mol. The molecule has 1 N–H and O–H groups in total. The van der Waals surface area contributed by atoms with Crippen molar-refractivity contribution < 1.29 is 9.00 Å². The topological polar surface area (TPSA) is 84.3 Å². The minimum atomic E-state index is -2.38. The lowest BCUT2D eigenvalue weighted by atomic mass is 9.97. The molecule has 1 aromatic heterocycles. The Labute approximate surface area is 164 Å². The van der Waals surface area contributed by atoms with Crippen LogP contribution in [-0.4, -0.2) is 31.3 Å². The van der Waals surface area contributed by atoms with Crippen LogP contribution in [0.5, 0.6) is 0 Å². The number of carbonyl (C=O) groups is 1. The lowest BCUT2D eigenvalue weighted by Gasteiger charge is -2.18. The van der Waals surface area contributed by atoms with Crippen molar-refractivity contribution in [3.05, 3.63) is 50.4 Å². The third-order valence-corrected chi connectivity index (χ3v) is 7.63. The third-order valence-electron chi connectivity index (χ3n) is 4.88. The van der Waals surface area contributed by atoms with Crippen LogP contribution < -0.4 is 5.56 Å². The Bertz CT molecular complexity index is 1050. The first-order valence-electron chi connectivity index (χ1n) is 9.07. The van der Waals surface area contributed by atoms with Gasteiger partial charge in [-0.05, 0) is 30.4 Å². The summed E-state index contributed by atoms with van der Waals surface area (Å²) in [4.78, 5) is 25.0. The van der Waals surface area contributed by atoms with E-state index in [0.29, 0.717) is 17.2 Å². The molecule has 146 valence electrons. The molecule has 1 aliphatic rings. The van der Waals surface area contributed by atoms with Crippen LogP contribution in [0.15, 0.2) is 27.5 Å². The minimum absolute atomic E-state index is 0.0181. The summed E-state index contributed by atoms with van der Waals surface area (Å²) >= 11 is 6.58. The lowest BCUT2D eigenvalue weighted by molar-refractivity contribution is 0.103. The number of rotatable bonds is 4. The van der Waals surface area contributed by atoms with Gasteiger partial charge < -0.3 is 5.10 Å². The summed E-state index contributed by atoms with van der Waals surface area (Å²) in [5, 5.41) is 2.86. The summed E-state index contributed by atoms with van der Waals surface area (Å²) in [7, 11) is -0.837. The van der Waals surface area contributed by atoms with Crippen molar-refractivity contribution in [3.63, 3.8) is 0 Å². The number of ketones is 1. The SMILES string of the molecule is CC(C)c1ccc(C(=O)c2c[nH]n(C)c2=O)c(Cl)c1N=S1(=O)CCCCC1. The Kier molecular flexibility index (Phi) is 5.63. The summed E-state index contributed by atoms with van der Waals surface area (Å²) < 4.78 is 19.0. The highest BCUT2D eigenvalue weighted by Crippen LogP contribution is 2.38. The highest BCUT2D eigenvalue weighted by molar-refractivity contribution is 7.93. The number of H-pyrrole nitrogens is 1. The van der Waals surface area contributed by atoms with E-state index in [1.54, 1.807) is 12.1 Å². The molecule has 1 aliphatic heterocycles. The van der Waals surface area contributed by atoms with Crippen LogP contribution in [0.25, 0.3) is 0 Å². The van der Waals surface area contributed by atoms with Crippen molar-refractivity contribution in [1.82, 2.24) is 9.78 Å². The van der Waals surface area contributed by atoms with Crippen molar-refractivity contribution in [2.75, 3.05) is 11.5 Å². The Morgan fingerprint density at radius 1 is 1.22 bits per heavy atom. The standard InChI is InChI=1S/C19H24ClN3O3S/c1-12(2)13-7-8-14(18(24)15-11-21-23(3)19(15)25)16(20)17(13)22-27(26)9-5-4-6-10-27/h7-8,11-12,21H,4-6,9-10H2,1-3H3. The number of aryl methyl sites for hydroxylation is 1. The maximum Gasteiger partial charge on any atom is 0.277 e. The number of halogens is 1. The zero-order valence-electron chi connectivity index (χ0n) is 15.8. The average Bonchev–Trinajstić information content (AvgIpc) is 2.95. The Balaban J connectivity index is 2.17. The second-order valence-corrected chi connectivity index (χ2v) is 10.2. The summed E-state index contributed by atoms with van der Waals surface area (Å²) in [6.45, 7) is 4.00. The van der Waals surface area contributed by atoms with Gasteiger partial charge in [-0.2, -0.15) is 4.36 Å². The van der Waals surface area contributed by atoms with E-state index in [4.69, 9.17) is 11.6 Å². The fourth-order valence-corrected chi connectivity index (χ4v) is 5.85. The molecule has 0 unspecified atom stereocenters. The predicted octanol–water partition coefficient (Wildman–Crippen LogP) is 4.00. The van der Waals surface area contributed by atoms with Crippen molar-refractivity contribution in [3.8, 4) is 0 Å². The molecular formula is C19H24ClN3O3S. The highest BCUT2D eigenvalue weighted by Gasteiger charge is 2.24. The van der Waals surface area contributed by atoms with E-state index < -0.39 is 21.1 Å². The first-order chi connectivity index (χ1) is 12.7. The first kappa shape index (κ1) is 19.9. The van der Waals surface area contributed by atoms with E-state index in [0.717, 1.165) is 24.8 Å². The van der Waals surface area contributed by atoms with Gasteiger partial charge in [0.1, 0.15) is 5.56 Å². The van der Waals surface area contributed by atoms with Gasteiger partial charge in [0.25, 0.3) is 5.56 Å². The van der Waals surface area contributed by atoms with Gasteiger partial charge in [-0.15, -0.1) is 0 Å². The van der Waals surface area contributed by atoms with Crippen LogP contribution in [0.1, 0.15) is 60.5 Å². The largest absolute Gasteiger partial charge is 0.302 e. The molecule has 0 amide bonds. The van der Waals surface area contributed by atoms with Crippen LogP contribution in [0, 0.1) is 0 Å². The van der Waals surface area contributed by atoms with Crippen LogP contribution in [0.3, 0.4) is 0 Å². The average molecular weight is 410 g/mol. The van der Waals surface area contributed by atoms with Gasteiger partial charge >= 0.3 is 0 Å². The normalized spacial score (nSPS) is 16.5. The molecule has 2 aromatic rings. The lowest BCUT2D eigenvalue weighted by Crippen LogP contribution is -2.19. The van der Waals surface area contributed by atoms with Crippen molar-refractivity contribution >= 4 is 32.8 Å². The smallest absolute Gasteiger partial charge is 0.277 e. The molecule has 27 heavy (non-hydrogen) atoms. The van der Waals surface area contributed by atoms with Crippen LogP contribution >= 0.6 is 11.6 Å². The molecule has 6 nitrogen and oxygen atoms in total.